The number of phenols is 1. The number of aromatic hydroxyl groups is 1. The number of allylic oxidation sites excluding steroid dienone is 1. The fourth-order valence-electron chi connectivity index (χ4n) is 1.82. The first-order valence-corrected chi connectivity index (χ1v) is 6.29. The molecule has 0 unspecified atom stereocenters. The monoisotopic (exact) mass is 288 g/mol. The van der Waals surface area contributed by atoms with Crippen LogP contribution in [0.2, 0.25) is 0 Å². The Labute approximate surface area is 123 Å². The smallest absolute Gasteiger partial charge is 0.290 e. The summed E-state index contributed by atoms with van der Waals surface area (Å²) in [6.07, 6.45) is 2.00. The van der Waals surface area contributed by atoms with Crippen molar-refractivity contribution in [2.45, 2.75) is 13.8 Å². The van der Waals surface area contributed by atoms with Gasteiger partial charge in [0, 0.05) is 0 Å². The summed E-state index contributed by atoms with van der Waals surface area (Å²) in [4.78, 5) is 8.36. The third-order valence-electron chi connectivity index (χ3n) is 2.89. The van der Waals surface area contributed by atoms with Crippen LogP contribution in [0.1, 0.15) is 23.6 Å². The van der Waals surface area contributed by atoms with E-state index in [0.717, 1.165) is 16.7 Å². The Morgan fingerprint density at radius 1 is 1.14 bits per heavy atom. The van der Waals surface area contributed by atoms with E-state index >= 15 is 0 Å². The van der Waals surface area contributed by atoms with Crippen LogP contribution in [-0.2, 0) is 4.79 Å². The average Bonchev–Trinajstić information content (AvgIpc) is 2.44. The third kappa shape index (κ3) is 5.10. The highest BCUT2D eigenvalue weighted by molar-refractivity contribution is 5.80. The van der Waals surface area contributed by atoms with Crippen molar-refractivity contribution in [2.75, 3.05) is 0 Å². The first kappa shape index (κ1) is 16.4. The van der Waals surface area contributed by atoms with Gasteiger partial charge in [-0.1, -0.05) is 24.3 Å². The lowest BCUT2D eigenvalue weighted by Crippen LogP contribution is -1.84. The summed E-state index contributed by atoms with van der Waals surface area (Å²) in [7, 11) is 0. The number of carbonyl (C=O) groups is 1. The number of aryl methyl sites for hydroxylation is 1. The second kappa shape index (κ2) is 7.85. The Morgan fingerprint density at radius 3 is 2.24 bits per heavy atom. The number of hydrogen-bond donors (Lipinski definition) is 2. The van der Waals surface area contributed by atoms with E-state index in [-0.39, 0.29) is 18.0 Å². The van der Waals surface area contributed by atoms with E-state index < -0.39 is 0 Å². The second-order valence-electron chi connectivity index (χ2n) is 4.49. The van der Waals surface area contributed by atoms with E-state index in [1.165, 1.54) is 6.07 Å². The summed E-state index contributed by atoms with van der Waals surface area (Å²) >= 11 is 0. The highest BCUT2D eigenvalue weighted by Gasteiger charge is 1.99. The highest BCUT2D eigenvalue weighted by atomic mass is 19.1. The summed E-state index contributed by atoms with van der Waals surface area (Å²) in [5.74, 6) is 0.0682. The van der Waals surface area contributed by atoms with E-state index in [9.17, 15) is 9.50 Å². The summed E-state index contributed by atoms with van der Waals surface area (Å²) in [6, 6.07) is 12.1. The number of phenolic OH excluding ortho intramolecular Hbond substituents is 1. The van der Waals surface area contributed by atoms with Gasteiger partial charge in [-0.3, -0.25) is 4.79 Å². The van der Waals surface area contributed by atoms with E-state index in [2.05, 4.69) is 0 Å². The van der Waals surface area contributed by atoms with Crippen LogP contribution in [0.25, 0.3) is 11.6 Å². The lowest BCUT2D eigenvalue weighted by atomic mass is 10.0. The molecule has 0 fully saturated rings. The molecule has 0 saturated heterocycles. The zero-order valence-corrected chi connectivity index (χ0v) is 11.9. The van der Waals surface area contributed by atoms with Crippen molar-refractivity contribution in [3.63, 3.8) is 0 Å². The molecule has 0 heterocycles. The molecular weight excluding hydrogens is 271 g/mol. The lowest BCUT2D eigenvalue weighted by molar-refractivity contribution is -0.122. The van der Waals surface area contributed by atoms with Gasteiger partial charge in [0.05, 0.1) is 0 Å². The van der Waals surface area contributed by atoms with Gasteiger partial charge in [-0.15, -0.1) is 0 Å². The number of rotatable bonds is 2. The van der Waals surface area contributed by atoms with Crippen molar-refractivity contribution in [3.8, 4) is 5.75 Å². The van der Waals surface area contributed by atoms with Crippen LogP contribution in [0, 0.1) is 12.7 Å². The molecule has 0 bridgehead atoms. The Hall–Kier alpha value is -2.62. The molecule has 110 valence electrons. The molecule has 2 N–H and O–H groups in total. The van der Waals surface area contributed by atoms with Crippen molar-refractivity contribution in [3.05, 3.63) is 65.0 Å². The van der Waals surface area contributed by atoms with E-state index in [1.807, 2.05) is 31.2 Å². The molecule has 21 heavy (non-hydrogen) atoms. The van der Waals surface area contributed by atoms with E-state index in [0.29, 0.717) is 5.56 Å². The molecule has 2 rings (SSSR count). The summed E-state index contributed by atoms with van der Waals surface area (Å²) in [5.41, 5.74) is 3.72. The van der Waals surface area contributed by atoms with Crippen LogP contribution < -0.4 is 0 Å². The van der Waals surface area contributed by atoms with Gasteiger partial charge in [-0.2, -0.15) is 0 Å². The molecular formula is C17H17FO3. The van der Waals surface area contributed by atoms with Crippen LogP contribution in [0.5, 0.6) is 5.75 Å². The molecule has 4 heteroatoms. The predicted octanol–water partition coefficient (Wildman–Crippen LogP) is 4.10. The Kier molecular flexibility index (Phi) is 6.14. The average molecular weight is 288 g/mol. The third-order valence-corrected chi connectivity index (χ3v) is 2.89. The molecule has 3 nitrogen and oxygen atoms in total. The van der Waals surface area contributed by atoms with Crippen LogP contribution in [0.15, 0.2) is 42.5 Å². The zero-order valence-electron chi connectivity index (χ0n) is 11.9. The van der Waals surface area contributed by atoms with Crippen LogP contribution in [0.4, 0.5) is 4.39 Å². The molecule has 0 radical (unpaired) electrons. The molecule has 0 aromatic heterocycles. The van der Waals surface area contributed by atoms with Crippen LogP contribution in [0.3, 0.4) is 0 Å². The van der Waals surface area contributed by atoms with Gasteiger partial charge in [0.15, 0.2) is 0 Å². The first-order chi connectivity index (χ1) is 9.97. The van der Waals surface area contributed by atoms with Crippen molar-refractivity contribution in [1.82, 2.24) is 0 Å². The first-order valence-electron chi connectivity index (χ1n) is 6.29. The van der Waals surface area contributed by atoms with Crippen molar-refractivity contribution < 1.29 is 19.4 Å². The summed E-state index contributed by atoms with van der Waals surface area (Å²) in [5, 5.41) is 16.1. The van der Waals surface area contributed by atoms with Crippen molar-refractivity contribution >= 4 is 18.1 Å². The molecule has 2 aromatic rings. The van der Waals surface area contributed by atoms with Gasteiger partial charge in [0.1, 0.15) is 11.6 Å². The number of hydrogen-bond acceptors (Lipinski definition) is 2. The number of benzene rings is 2. The van der Waals surface area contributed by atoms with Gasteiger partial charge in [0.25, 0.3) is 6.47 Å². The summed E-state index contributed by atoms with van der Waals surface area (Å²) < 4.78 is 13.2. The van der Waals surface area contributed by atoms with Crippen molar-refractivity contribution in [2.24, 2.45) is 0 Å². The van der Waals surface area contributed by atoms with Gasteiger partial charge in [0.2, 0.25) is 0 Å². The molecule has 2 aromatic carbocycles. The maximum atomic E-state index is 13.2. The maximum Gasteiger partial charge on any atom is 0.290 e. The molecule has 0 saturated carbocycles. The highest BCUT2D eigenvalue weighted by Crippen LogP contribution is 2.21. The van der Waals surface area contributed by atoms with Gasteiger partial charge in [-0.05, 0) is 60.4 Å². The minimum absolute atomic E-state index is 0.186. The topological polar surface area (TPSA) is 57.5 Å². The molecule has 0 aliphatic carbocycles. The largest absolute Gasteiger partial charge is 0.508 e. The Morgan fingerprint density at radius 2 is 1.71 bits per heavy atom. The molecule has 0 atom stereocenters. The normalized spacial score (nSPS) is 10.5. The maximum absolute atomic E-state index is 13.2. The van der Waals surface area contributed by atoms with Crippen molar-refractivity contribution in [1.29, 1.82) is 0 Å². The number of halogens is 1. The van der Waals surface area contributed by atoms with Gasteiger partial charge in [-0.25, -0.2) is 4.39 Å². The fourth-order valence-corrected chi connectivity index (χ4v) is 1.82. The van der Waals surface area contributed by atoms with Crippen LogP contribution in [-0.4, -0.2) is 16.7 Å². The lowest BCUT2D eigenvalue weighted by Gasteiger charge is -2.03. The quantitative estimate of drug-likeness (QED) is 0.646. The van der Waals surface area contributed by atoms with Crippen LogP contribution >= 0.6 is 0 Å². The number of carboxylic acid groups (broad SMARTS) is 1. The second-order valence-corrected chi connectivity index (χ2v) is 4.49. The van der Waals surface area contributed by atoms with Gasteiger partial charge >= 0.3 is 0 Å². The zero-order chi connectivity index (χ0) is 15.8. The minimum Gasteiger partial charge on any atom is -0.508 e. The molecule has 0 spiro atoms. The standard InChI is InChI=1S/C16H15FO.CH2O2/c1-11(14-4-6-15(18)7-5-14)9-13-3-8-16(17)12(2)10-13;2-1-3/h3-10,18H,1-2H3;1H,(H,2,3)/b11-9-;. The molecule has 0 amide bonds. The van der Waals surface area contributed by atoms with E-state index in [1.54, 1.807) is 25.1 Å². The van der Waals surface area contributed by atoms with E-state index in [4.69, 9.17) is 9.90 Å². The summed E-state index contributed by atoms with van der Waals surface area (Å²) in [6.45, 7) is 3.49. The molecule has 0 aliphatic rings. The molecule has 0 aliphatic heterocycles. The predicted molar refractivity (Wildman–Crippen MR) is 81.5 cm³/mol. The Bertz CT molecular complexity index is 631. The Balaban J connectivity index is 0.000000677. The minimum atomic E-state index is -0.250. The van der Waals surface area contributed by atoms with Gasteiger partial charge < -0.3 is 10.2 Å². The fraction of sp³-hybridized carbons (Fsp3) is 0.118. The SMILES string of the molecule is C/C(=C/c1ccc(F)c(C)c1)c1ccc(O)cc1.O=CO.